The van der Waals surface area contributed by atoms with E-state index in [4.69, 9.17) is 16.7 Å². The van der Waals surface area contributed by atoms with E-state index in [1.165, 1.54) is 6.07 Å². The highest BCUT2D eigenvalue weighted by atomic mass is 35.5. The Labute approximate surface area is 133 Å². The van der Waals surface area contributed by atoms with Crippen LogP contribution in [0.15, 0.2) is 30.0 Å². The van der Waals surface area contributed by atoms with Gasteiger partial charge in [0.05, 0.1) is 23.9 Å². The molecule has 2 N–H and O–H groups in total. The third kappa shape index (κ3) is 4.14. The summed E-state index contributed by atoms with van der Waals surface area (Å²) < 4.78 is 40.0. The van der Waals surface area contributed by atoms with Crippen LogP contribution in [0.2, 0.25) is 5.02 Å². The minimum atomic E-state index is -4.85. The number of amides is 2. The van der Waals surface area contributed by atoms with Crippen molar-refractivity contribution in [1.29, 1.82) is 0 Å². The molecule has 0 radical (unpaired) electrons. The Morgan fingerprint density at radius 2 is 2.00 bits per heavy atom. The second-order valence-electron chi connectivity index (χ2n) is 4.39. The molecule has 6 nitrogen and oxygen atoms in total. The first-order valence-corrected chi connectivity index (χ1v) is 6.60. The van der Waals surface area contributed by atoms with E-state index in [0.717, 1.165) is 23.1 Å². The Balaban J connectivity index is 2.14. The number of imide groups is 1. The number of benzene rings is 1. The molecule has 0 aromatic heterocycles. The number of aliphatic hydroxyl groups is 1. The smallest absolute Gasteiger partial charge is 0.406 e. The zero-order chi connectivity index (χ0) is 17.2. The number of alkyl halides is 3. The van der Waals surface area contributed by atoms with E-state index in [1.54, 1.807) is 0 Å². The first kappa shape index (κ1) is 17.1. The van der Waals surface area contributed by atoms with Gasteiger partial charge in [-0.1, -0.05) is 11.6 Å². The van der Waals surface area contributed by atoms with Gasteiger partial charge in [0.1, 0.15) is 11.4 Å². The normalized spacial score (nSPS) is 15.0. The van der Waals surface area contributed by atoms with Crippen LogP contribution < -0.4 is 10.1 Å². The Bertz CT molecular complexity index is 676. The molecule has 23 heavy (non-hydrogen) atoms. The van der Waals surface area contributed by atoms with Crippen molar-refractivity contribution in [3.63, 3.8) is 0 Å². The van der Waals surface area contributed by atoms with Gasteiger partial charge in [-0.2, -0.15) is 0 Å². The number of carbonyl (C=O) groups is 2. The van der Waals surface area contributed by atoms with Crippen molar-refractivity contribution >= 4 is 29.1 Å². The average Bonchev–Trinajstić information content (AvgIpc) is 2.68. The maximum atomic E-state index is 12.1. The number of nitrogens with zero attached hydrogens (tertiary/aromatic N) is 1. The van der Waals surface area contributed by atoms with Gasteiger partial charge in [-0.25, -0.2) is 0 Å². The van der Waals surface area contributed by atoms with E-state index in [1.807, 2.05) is 0 Å². The molecule has 0 unspecified atom stereocenters. The van der Waals surface area contributed by atoms with Crippen LogP contribution in [0.4, 0.5) is 18.9 Å². The Morgan fingerprint density at radius 1 is 1.30 bits per heavy atom. The number of hydrogen-bond donors (Lipinski definition) is 2. The quantitative estimate of drug-likeness (QED) is 0.793. The van der Waals surface area contributed by atoms with Crippen LogP contribution in [-0.2, 0) is 9.59 Å². The van der Waals surface area contributed by atoms with Crippen LogP contribution in [0.1, 0.15) is 0 Å². The summed E-state index contributed by atoms with van der Waals surface area (Å²) in [6.45, 7) is -0.547. The van der Waals surface area contributed by atoms with Crippen LogP contribution in [0, 0.1) is 0 Å². The van der Waals surface area contributed by atoms with Crippen LogP contribution in [-0.4, -0.2) is 41.3 Å². The first-order valence-electron chi connectivity index (χ1n) is 6.22. The molecule has 1 aliphatic heterocycles. The van der Waals surface area contributed by atoms with E-state index >= 15 is 0 Å². The van der Waals surface area contributed by atoms with Gasteiger partial charge in [-0.15, -0.1) is 13.2 Å². The van der Waals surface area contributed by atoms with Crippen molar-refractivity contribution in [1.82, 2.24) is 4.90 Å². The molecule has 0 fully saturated rings. The third-order valence-electron chi connectivity index (χ3n) is 2.78. The topological polar surface area (TPSA) is 78.9 Å². The highest BCUT2D eigenvalue weighted by Gasteiger charge is 2.32. The van der Waals surface area contributed by atoms with Gasteiger partial charge in [0.15, 0.2) is 0 Å². The summed E-state index contributed by atoms with van der Waals surface area (Å²) >= 11 is 5.83. The lowest BCUT2D eigenvalue weighted by atomic mass is 10.3. The van der Waals surface area contributed by atoms with Gasteiger partial charge in [0.2, 0.25) is 0 Å². The summed E-state index contributed by atoms with van der Waals surface area (Å²) in [6, 6.07) is 3.11. The third-order valence-corrected chi connectivity index (χ3v) is 3.09. The molecule has 0 atom stereocenters. The van der Waals surface area contributed by atoms with Gasteiger partial charge < -0.3 is 15.2 Å². The van der Waals surface area contributed by atoms with Gasteiger partial charge in [0, 0.05) is 12.1 Å². The molecule has 1 aliphatic rings. The van der Waals surface area contributed by atoms with Crippen LogP contribution in [0.25, 0.3) is 0 Å². The molecular formula is C13H10ClF3N2O4. The zero-order valence-electron chi connectivity index (χ0n) is 11.4. The molecule has 0 saturated carbocycles. The van der Waals surface area contributed by atoms with Crippen molar-refractivity contribution in [2.24, 2.45) is 0 Å². The molecule has 124 valence electrons. The molecular weight excluding hydrogens is 341 g/mol. The summed E-state index contributed by atoms with van der Waals surface area (Å²) in [6.07, 6.45) is -3.84. The molecule has 0 saturated heterocycles. The minimum absolute atomic E-state index is 0.102. The summed E-state index contributed by atoms with van der Waals surface area (Å²) in [5.74, 6) is -1.80. The minimum Gasteiger partial charge on any atom is -0.406 e. The van der Waals surface area contributed by atoms with Crippen LogP contribution in [0.3, 0.4) is 0 Å². The molecule has 2 amide bonds. The van der Waals surface area contributed by atoms with Gasteiger partial charge >= 0.3 is 6.36 Å². The predicted molar refractivity (Wildman–Crippen MR) is 73.6 cm³/mol. The second kappa shape index (κ2) is 6.47. The lowest BCUT2D eigenvalue weighted by Crippen LogP contribution is -2.34. The number of β-amino-alcohol motifs (C(OH)–C–C–N with tert-alkyl or cyclic N) is 1. The number of rotatable bonds is 5. The fraction of sp³-hybridized carbons (Fsp3) is 0.231. The molecule has 1 aromatic carbocycles. The Morgan fingerprint density at radius 3 is 2.57 bits per heavy atom. The van der Waals surface area contributed by atoms with Crippen molar-refractivity contribution in [2.75, 3.05) is 18.5 Å². The fourth-order valence-electron chi connectivity index (χ4n) is 1.85. The number of halogens is 4. The average molecular weight is 351 g/mol. The number of anilines is 1. The number of aliphatic hydroxyl groups excluding tert-OH is 1. The highest BCUT2D eigenvalue weighted by molar-refractivity contribution is 6.33. The summed E-state index contributed by atoms with van der Waals surface area (Å²) in [5, 5.41) is 11.2. The molecule has 0 spiro atoms. The summed E-state index contributed by atoms with van der Waals surface area (Å²) in [4.78, 5) is 24.3. The van der Waals surface area contributed by atoms with Crippen LogP contribution >= 0.6 is 11.6 Å². The van der Waals surface area contributed by atoms with Crippen molar-refractivity contribution in [3.05, 3.63) is 35.0 Å². The van der Waals surface area contributed by atoms with Gasteiger partial charge in [0.25, 0.3) is 11.8 Å². The van der Waals surface area contributed by atoms with E-state index in [2.05, 4.69) is 10.1 Å². The monoisotopic (exact) mass is 350 g/mol. The number of carbonyl (C=O) groups excluding carboxylic acids is 2. The maximum absolute atomic E-state index is 12.1. The first-order chi connectivity index (χ1) is 10.7. The molecule has 0 aliphatic carbocycles. The Hall–Kier alpha value is -2.26. The number of nitrogens with one attached hydrogen (secondary N) is 1. The second-order valence-corrected chi connectivity index (χ2v) is 4.80. The molecule has 0 bridgehead atoms. The van der Waals surface area contributed by atoms with E-state index in [-0.39, 0.29) is 29.6 Å². The zero-order valence-corrected chi connectivity index (χ0v) is 12.1. The van der Waals surface area contributed by atoms with Crippen molar-refractivity contribution in [2.45, 2.75) is 6.36 Å². The summed E-state index contributed by atoms with van der Waals surface area (Å²) in [5.41, 5.74) is 0.0225. The van der Waals surface area contributed by atoms with Gasteiger partial charge in [-0.05, 0) is 12.1 Å². The standard InChI is InChI=1S/C13H10ClF3N2O4/c14-8-5-7(23-13(15,16)17)1-2-9(8)18-10-6-11(21)19(3-4-20)12(10)22/h1-2,5-6,18,20H,3-4H2. The summed E-state index contributed by atoms with van der Waals surface area (Å²) in [7, 11) is 0. The highest BCUT2D eigenvalue weighted by Crippen LogP contribution is 2.31. The van der Waals surface area contributed by atoms with Gasteiger partial charge in [-0.3, -0.25) is 14.5 Å². The SMILES string of the molecule is O=C1C=C(Nc2ccc(OC(F)(F)F)cc2Cl)C(=O)N1CCO. The van der Waals surface area contributed by atoms with E-state index < -0.39 is 23.9 Å². The number of hydrogen-bond acceptors (Lipinski definition) is 5. The van der Waals surface area contributed by atoms with E-state index in [0.29, 0.717) is 0 Å². The molecule has 2 rings (SSSR count). The predicted octanol–water partition coefficient (Wildman–Crippen LogP) is 1.90. The lowest BCUT2D eigenvalue weighted by Gasteiger charge is -2.14. The van der Waals surface area contributed by atoms with Crippen molar-refractivity contribution in [3.8, 4) is 5.75 Å². The van der Waals surface area contributed by atoms with E-state index in [9.17, 15) is 22.8 Å². The Kier molecular flexibility index (Phi) is 4.81. The molecule has 1 aromatic rings. The lowest BCUT2D eigenvalue weighted by molar-refractivity contribution is -0.274. The largest absolute Gasteiger partial charge is 0.573 e. The van der Waals surface area contributed by atoms with Crippen molar-refractivity contribution < 1.29 is 32.6 Å². The van der Waals surface area contributed by atoms with Crippen LogP contribution in [0.5, 0.6) is 5.75 Å². The fourth-order valence-corrected chi connectivity index (χ4v) is 2.07. The number of ether oxygens (including phenoxy) is 1. The maximum Gasteiger partial charge on any atom is 0.573 e. The molecule has 1 heterocycles. The molecule has 10 heteroatoms.